The van der Waals surface area contributed by atoms with Gasteiger partial charge in [0, 0.05) is 16.7 Å². The Morgan fingerprint density at radius 1 is 1.30 bits per heavy atom. The molecule has 2 aromatic rings. The second kappa shape index (κ2) is 9.06. The van der Waals surface area contributed by atoms with Crippen LogP contribution < -0.4 is 9.47 Å². The molecule has 1 aliphatic rings. The van der Waals surface area contributed by atoms with Crippen molar-refractivity contribution >= 4 is 22.6 Å². The Hall–Kier alpha value is -2.58. The minimum Gasteiger partial charge on any atom is -0.493 e. The van der Waals surface area contributed by atoms with E-state index in [-0.39, 0.29) is 5.41 Å². The van der Waals surface area contributed by atoms with E-state index >= 15 is 0 Å². The molecule has 1 heterocycles. The molecule has 0 saturated carbocycles. The highest BCUT2D eigenvalue weighted by atomic mass is 32.1. The standard InChI is InChI=1S/C25H30N2O2S/c1-7-8-17-11-16(12-21(28-5)23(17)29-6)15-27-24-20(14-26)19-10-9-18(25(2,3)4)13-22(19)30-24/h7,11-12,15,18H,1,8-10,13H2,2-6H3/t18-/m0/s1. The summed E-state index contributed by atoms with van der Waals surface area (Å²) < 4.78 is 11.0. The van der Waals surface area contributed by atoms with Gasteiger partial charge in [0.25, 0.3) is 0 Å². The molecule has 0 N–H and O–H groups in total. The molecule has 1 atom stereocenters. The molecule has 30 heavy (non-hydrogen) atoms. The Bertz CT molecular complexity index is 1010. The average Bonchev–Trinajstić information content (AvgIpc) is 3.08. The van der Waals surface area contributed by atoms with Crippen LogP contribution in [0.3, 0.4) is 0 Å². The smallest absolute Gasteiger partial charge is 0.164 e. The van der Waals surface area contributed by atoms with Crippen molar-refractivity contribution in [3.05, 3.63) is 51.9 Å². The van der Waals surface area contributed by atoms with Crippen LogP contribution in [0.1, 0.15) is 54.3 Å². The molecule has 0 unspecified atom stereocenters. The van der Waals surface area contributed by atoms with Crippen LogP contribution in [0, 0.1) is 22.7 Å². The van der Waals surface area contributed by atoms with E-state index in [9.17, 15) is 5.26 Å². The van der Waals surface area contributed by atoms with E-state index in [0.717, 1.165) is 41.0 Å². The number of ether oxygens (including phenoxy) is 2. The summed E-state index contributed by atoms with van der Waals surface area (Å²) >= 11 is 1.67. The third kappa shape index (κ3) is 4.44. The fourth-order valence-corrected chi connectivity index (χ4v) is 5.32. The Morgan fingerprint density at radius 2 is 2.07 bits per heavy atom. The molecule has 0 bridgehead atoms. The number of aliphatic imine (C=N–C) groups is 1. The largest absolute Gasteiger partial charge is 0.493 e. The van der Waals surface area contributed by atoms with Gasteiger partial charge in [-0.2, -0.15) is 5.26 Å². The normalized spacial score (nSPS) is 16.2. The first-order valence-corrected chi connectivity index (χ1v) is 11.1. The molecule has 0 fully saturated rings. The number of hydrogen-bond acceptors (Lipinski definition) is 5. The molecule has 0 amide bonds. The number of hydrogen-bond donors (Lipinski definition) is 0. The van der Waals surface area contributed by atoms with Crippen molar-refractivity contribution in [1.29, 1.82) is 5.26 Å². The molecule has 1 aliphatic carbocycles. The lowest BCUT2D eigenvalue weighted by Gasteiger charge is -2.33. The number of nitrogens with zero attached hydrogens (tertiary/aromatic N) is 2. The first-order valence-electron chi connectivity index (χ1n) is 10.3. The van der Waals surface area contributed by atoms with E-state index in [1.165, 1.54) is 10.4 Å². The Kier molecular flexibility index (Phi) is 6.67. The van der Waals surface area contributed by atoms with Crippen LogP contribution in [0.5, 0.6) is 11.5 Å². The quantitative estimate of drug-likeness (QED) is 0.407. The molecule has 0 spiro atoms. The molecule has 4 nitrogen and oxygen atoms in total. The van der Waals surface area contributed by atoms with Crippen molar-refractivity contribution in [2.45, 2.75) is 46.5 Å². The maximum Gasteiger partial charge on any atom is 0.164 e. The fourth-order valence-electron chi connectivity index (χ4n) is 4.10. The lowest BCUT2D eigenvalue weighted by Crippen LogP contribution is -2.26. The molecule has 1 aromatic heterocycles. The molecular formula is C25H30N2O2S. The number of fused-ring (bicyclic) bond motifs is 1. The van der Waals surface area contributed by atoms with Crippen LogP contribution in [0.25, 0.3) is 0 Å². The summed E-state index contributed by atoms with van der Waals surface area (Å²) in [5, 5.41) is 10.6. The van der Waals surface area contributed by atoms with E-state index < -0.39 is 0 Å². The monoisotopic (exact) mass is 422 g/mol. The van der Waals surface area contributed by atoms with Gasteiger partial charge in [0.15, 0.2) is 11.5 Å². The first kappa shape index (κ1) is 22.1. The molecular weight excluding hydrogens is 392 g/mol. The van der Waals surface area contributed by atoms with Gasteiger partial charge in [0.2, 0.25) is 0 Å². The van der Waals surface area contributed by atoms with Crippen molar-refractivity contribution < 1.29 is 9.47 Å². The van der Waals surface area contributed by atoms with Gasteiger partial charge in [-0.3, -0.25) is 0 Å². The third-order valence-corrected chi connectivity index (χ3v) is 7.02. The highest BCUT2D eigenvalue weighted by Crippen LogP contribution is 2.45. The molecule has 0 radical (unpaired) electrons. The summed E-state index contributed by atoms with van der Waals surface area (Å²) in [4.78, 5) is 6.04. The molecule has 0 aliphatic heterocycles. The molecule has 158 valence electrons. The van der Waals surface area contributed by atoms with Gasteiger partial charge in [-0.25, -0.2) is 4.99 Å². The minimum absolute atomic E-state index is 0.277. The van der Waals surface area contributed by atoms with Crippen LogP contribution in [-0.4, -0.2) is 20.4 Å². The Morgan fingerprint density at radius 3 is 2.67 bits per heavy atom. The van der Waals surface area contributed by atoms with Gasteiger partial charge in [0.05, 0.1) is 19.8 Å². The van der Waals surface area contributed by atoms with Crippen LogP contribution in [0.4, 0.5) is 5.00 Å². The predicted molar refractivity (Wildman–Crippen MR) is 125 cm³/mol. The number of rotatable bonds is 6. The summed E-state index contributed by atoms with van der Waals surface area (Å²) in [6.07, 6.45) is 7.45. The first-order chi connectivity index (χ1) is 14.3. The highest BCUT2D eigenvalue weighted by molar-refractivity contribution is 7.16. The van der Waals surface area contributed by atoms with Crippen LogP contribution >= 0.6 is 11.3 Å². The zero-order valence-corrected chi connectivity index (χ0v) is 19.4. The van der Waals surface area contributed by atoms with E-state index in [1.54, 1.807) is 25.6 Å². The maximum atomic E-state index is 9.79. The van der Waals surface area contributed by atoms with Gasteiger partial charge >= 0.3 is 0 Å². The van der Waals surface area contributed by atoms with E-state index in [2.05, 4.69) is 33.4 Å². The maximum absolute atomic E-state index is 9.79. The number of thiophene rings is 1. The molecule has 3 rings (SSSR count). The van der Waals surface area contributed by atoms with Crippen molar-refractivity contribution in [2.75, 3.05) is 14.2 Å². The zero-order valence-electron chi connectivity index (χ0n) is 18.5. The van der Waals surface area contributed by atoms with Crippen LogP contribution in [0.15, 0.2) is 29.8 Å². The van der Waals surface area contributed by atoms with Crippen molar-refractivity contribution in [1.82, 2.24) is 0 Å². The van der Waals surface area contributed by atoms with E-state index in [1.807, 2.05) is 24.4 Å². The van der Waals surface area contributed by atoms with Gasteiger partial charge in [-0.15, -0.1) is 17.9 Å². The van der Waals surface area contributed by atoms with Gasteiger partial charge in [-0.05, 0) is 60.3 Å². The topological polar surface area (TPSA) is 54.6 Å². The average molecular weight is 423 g/mol. The van der Waals surface area contributed by atoms with Gasteiger partial charge in [-0.1, -0.05) is 26.8 Å². The Labute approximate surface area is 183 Å². The lowest BCUT2D eigenvalue weighted by molar-refractivity contribution is 0.218. The molecule has 5 heteroatoms. The summed E-state index contributed by atoms with van der Waals surface area (Å²) in [5.74, 6) is 2.02. The van der Waals surface area contributed by atoms with E-state index in [4.69, 9.17) is 14.5 Å². The van der Waals surface area contributed by atoms with Crippen molar-refractivity contribution in [3.63, 3.8) is 0 Å². The van der Waals surface area contributed by atoms with Gasteiger partial charge < -0.3 is 9.47 Å². The number of methoxy groups -OCH3 is 2. The Balaban J connectivity index is 1.96. The van der Waals surface area contributed by atoms with Gasteiger partial charge in [0.1, 0.15) is 11.1 Å². The number of allylic oxidation sites excluding steroid dienone is 1. The third-order valence-electron chi connectivity index (χ3n) is 5.86. The second-order valence-electron chi connectivity index (χ2n) is 8.77. The summed E-state index contributed by atoms with van der Waals surface area (Å²) in [5.41, 5.74) is 4.12. The lowest BCUT2D eigenvalue weighted by atomic mass is 9.72. The van der Waals surface area contributed by atoms with Crippen LogP contribution in [-0.2, 0) is 19.3 Å². The predicted octanol–water partition coefficient (Wildman–Crippen LogP) is 6.27. The zero-order chi connectivity index (χ0) is 21.9. The summed E-state index contributed by atoms with van der Waals surface area (Å²) in [6, 6.07) is 6.34. The van der Waals surface area contributed by atoms with Crippen molar-refractivity contribution in [3.8, 4) is 17.6 Å². The SMILES string of the molecule is C=CCc1cc(C=Nc2sc3c(c2C#N)CC[C@H](C(C)(C)C)C3)cc(OC)c1OC. The minimum atomic E-state index is 0.277. The number of benzene rings is 1. The summed E-state index contributed by atoms with van der Waals surface area (Å²) in [6.45, 7) is 10.7. The molecule has 0 saturated heterocycles. The summed E-state index contributed by atoms with van der Waals surface area (Å²) in [7, 11) is 3.27. The number of nitriles is 1. The van der Waals surface area contributed by atoms with Crippen LogP contribution in [0.2, 0.25) is 0 Å². The fraction of sp³-hybridized carbons (Fsp3) is 0.440. The molecule has 1 aromatic carbocycles. The highest BCUT2D eigenvalue weighted by Gasteiger charge is 2.32. The van der Waals surface area contributed by atoms with Crippen molar-refractivity contribution in [2.24, 2.45) is 16.3 Å². The second-order valence-corrected chi connectivity index (χ2v) is 9.85. The van der Waals surface area contributed by atoms with E-state index in [0.29, 0.717) is 23.8 Å².